The Labute approximate surface area is 122 Å². The maximum Gasteiger partial charge on any atom is 0.274 e. The largest absolute Gasteiger partial charge is 0.399 e. The topological polar surface area (TPSA) is 93.2 Å². The number of nitrogens with zero attached hydrogens (tertiary/aromatic N) is 3. The highest BCUT2D eigenvalue weighted by molar-refractivity contribution is 5.94. The molecule has 2 aromatic rings. The number of rotatable bonds is 4. The first-order chi connectivity index (χ1) is 10.0. The maximum atomic E-state index is 12.1. The van der Waals surface area contributed by atoms with E-state index in [2.05, 4.69) is 10.4 Å². The minimum atomic E-state index is -0.312. The summed E-state index contributed by atoms with van der Waals surface area (Å²) in [5, 5.41) is 6.69. The van der Waals surface area contributed by atoms with Gasteiger partial charge in [0, 0.05) is 26.0 Å². The van der Waals surface area contributed by atoms with Crippen LogP contribution in [-0.2, 0) is 4.79 Å². The molecule has 0 saturated carbocycles. The van der Waals surface area contributed by atoms with E-state index in [4.69, 9.17) is 5.73 Å². The van der Waals surface area contributed by atoms with Crippen LogP contribution in [0.1, 0.15) is 10.5 Å². The van der Waals surface area contributed by atoms with Crippen molar-refractivity contribution < 1.29 is 9.59 Å². The lowest BCUT2D eigenvalue weighted by molar-refractivity contribution is -0.121. The van der Waals surface area contributed by atoms with Crippen molar-refractivity contribution in [3.05, 3.63) is 42.2 Å². The number of amides is 2. The number of carbonyl (C=O) groups is 2. The molecule has 0 radical (unpaired) electrons. The fraction of sp³-hybridized carbons (Fsp3) is 0.214. The van der Waals surface area contributed by atoms with E-state index >= 15 is 0 Å². The quantitative estimate of drug-likeness (QED) is 0.789. The molecular formula is C14H17N5O2. The highest BCUT2D eigenvalue weighted by atomic mass is 16.2. The third-order valence-corrected chi connectivity index (χ3v) is 2.97. The van der Waals surface area contributed by atoms with Crippen LogP contribution in [0.4, 0.5) is 5.69 Å². The molecule has 0 fully saturated rings. The predicted octanol–water partition coefficient (Wildman–Crippen LogP) is 0.272. The molecule has 21 heavy (non-hydrogen) atoms. The molecule has 0 unspecified atom stereocenters. The number of aromatic nitrogens is 2. The van der Waals surface area contributed by atoms with Crippen LogP contribution in [0.2, 0.25) is 0 Å². The van der Waals surface area contributed by atoms with Crippen LogP contribution in [0.3, 0.4) is 0 Å². The SMILES string of the molecule is CNC(=O)CN(C)C(=O)c1ccn(-c2ccc(N)cc2)n1. The zero-order chi connectivity index (χ0) is 15.4. The van der Waals surface area contributed by atoms with E-state index < -0.39 is 0 Å². The van der Waals surface area contributed by atoms with Crippen LogP contribution in [0.5, 0.6) is 0 Å². The minimum Gasteiger partial charge on any atom is -0.399 e. The van der Waals surface area contributed by atoms with Crippen molar-refractivity contribution in [2.45, 2.75) is 0 Å². The summed E-state index contributed by atoms with van der Waals surface area (Å²) in [5.41, 5.74) is 7.37. The smallest absolute Gasteiger partial charge is 0.274 e. The zero-order valence-electron chi connectivity index (χ0n) is 11.9. The summed E-state index contributed by atoms with van der Waals surface area (Å²) in [4.78, 5) is 24.7. The van der Waals surface area contributed by atoms with E-state index in [0.29, 0.717) is 5.69 Å². The molecule has 0 bridgehead atoms. The molecule has 2 rings (SSSR count). The summed E-state index contributed by atoms with van der Waals surface area (Å²) in [5.74, 6) is -0.545. The molecule has 7 nitrogen and oxygen atoms in total. The molecule has 0 atom stereocenters. The molecule has 0 saturated heterocycles. The molecule has 110 valence electrons. The van der Waals surface area contributed by atoms with Crippen LogP contribution < -0.4 is 11.1 Å². The molecule has 1 aromatic carbocycles. The van der Waals surface area contributed by atoms with E-state index in [1.807, 2.05) is 12.1 Å². The number of hydrogen-bond acceptors (Lipinski definition) is 4. The van der Waals surface area contributed by atoms with E-state index in [-0.39, 0.29) is 24.1 Å². The van der Waals surface area contributed by atoms with Gasteiger partial charge in [-0.15, -0.1) is 0 Å². The molecule has 1 heterocycles. The van der Waals surface area contributed by atoms with Crippen molar-refractivity contribution in [2.75, 3.05) is 26.4 Å². The molecular weight excluding hydrogens is 270 g/mol. The fourth-order valence-corrected chi connectivity index (χ4v) is 1.77. The van der Waals surface area contributed by atoms with Crippen LogP contribution in [-0.4, -0.2) is 47.1 Å². The van der Waals surface area contributed by atoms with E-state index in [9.17, 15) is 9.59 Å². The highest BCUT2D eigenvalue weighted by Gasteiger charge is 2.17. The summed E-state index contributed by atoms with van der Waals surface area (Å²) in [6.07, 6.45) is 1.69. The van der Waals surface area contributed by atoms with E-state index in [1.165, 1.54) is 11.9 Å². The summed E-state index contributed by atoms with van der Waals surface area (Å²) >= 11 is 0. The Morgan fingerprint density at radius 1 is 1.29 bits per heavy atom. The summed E-state index contributed by atoms with van der Waals surface area (Å²) in [6.45, 7) is -0.00986. The lowest BCUT2D eigenvalue weighted by Crippen LogP contribution is -2.37. The second-order valence-corrected chi connectivity index (χ2v) is 4.57. The van der Waals surface area contributed by atoms with Crippen LogP contribution in [0.15, 0.2) is 36.5 Å². The van der Waals surface area contributed by atoms with E-state index in [0.717, 1.165) is 5.69 Å². The van der Waals surface area contributed by atoms with Crippen molar-refractivity contribution in [1.82, 2.24) is 20.0 Å². The Morgan fingerprint density at radius 3 is 2.57 bits per heavy atom. The van der Waals surface area contributed by atoms with Gasteiger partial charge in [-0.25, -0.2) is 4.68 Å². The molecule has 0 spiro atoms. The second kappa shape index (κ2) is 6.08. The van der Waals surface area contributed by atoms with Gasteiger partial charge in [0.1, 0.15) is 0 Å². The number of likely N-dealkylation sites (N-methyl/N-ethyl adjacent to an activating group) is 2. The third kappa shape index (κ3) is 3.38. The van der Waals surface area contributed by atoms with Gasteiger partial charge < -0.3 is 16.0 Å². The van der Waals surface area contributed by atoms with Crippen LogP contribution in [0.25, 0.3) is 5.69 Å². The fourth-order valence-electron chi connectivity index (χ4n) is 1.77. The van der Waals surface area contributed by atoms with Crippen molar-refractivity contribution in [3.63, 3.8) is 0 Å². The van der Waals surface area contributed by atoms with Crippen LogP contribution in [0, 0.1) is 0 Å². The number of anilines is 1. The first-order valence-electron chi connectivity index (χ1n) is 6.39. The van der Waals surface area contributed by atoms with Gasteiger partial charge in [0.15, 0.2) is 5.69 Å². The van der Waals surface area contributed by atoms with Gasteiger partial charge in [0.2, 0.25) is 5.91 Å². The third-order valence-electron chi connectivity index (χ3n) is 2.97. The minimum absolute atomic E-state index is 0.00986. The molecule has 0 aliphatic rings. The van der Waals surface area contributed by atoms with Crippen molar-refractivity contribution in [2.24, 2.45) is 0 Å². The van der Waals surface area contributed by atoms with Gasteiger partial charge >= 0.3 is 0 Å². The number of carbonyl (C=O) groups excluding carboxylic acids is 2. The van der Waals surface area contributed by atoms with Gasteiger partial charge in [0.05, 0.1) is 12.2 Å². The number of hydrogen-bond donors (Lipinski definition) is 2. The number of nitrogen functional groups attached to an aromatic ring is 1. The van der Waals surface area contributed by atoms with Crippen molar-refractivity contribution >= 4 is 17.5 Å². The van der Waals surface area contributed by atoms with Crippen molar-refractivity contribution in [3.8, 4) is 5.69 Å². The molecule has 1 aromatic heterocycles. The summed E-state index contributed by atoms with van der Waals surface area (Å²) < 4.78 is 1.58. The zero-order valence-corrected chi connectivity index (χ0v) is 11.9. The molecule has 2 amide bonds. The monoisotopic (exact) mass is 287 g/mol. The normalized spacial score (nSPS) is 10.2. The number of benzene rings is 1. The Kier molecular flexibility index (Phi) is 4.22. The summed E-state index contributed by atoms with van der Waals surface area (Å²) in [6, 6.07) is 8.75. The lowest BCUT2D eigenvalue weighted by atomic mass is 10.3. The lowest BCUT2D eigenvalue weighted by Gasteiger charge is -2.14. The standard InChI is InChI=1S/C14H17N5O2/c1-16-13(20)9-18(2)14(21)12-7-8-19(17-12)11-5-3-10(15)4-6-11/h3-8H,9,15H2,1-2H3,(H,16,20). The first kappa shape index (κ1) is 14.6. The average molecular weight is 287 g/mol. The Balaban J connectivity index is 2.14. The molecule has 7 heteroatoms. The van der Waals surface area contributed by atoms with Gasteiger partial charge in [-0.05, 0) is 30.3 Å². The van der Waals surface area contributed by atoms with Gasteiger partial charge in [-0.2, -0.15) is 5.10 Å². The maximum absolute atomic E-state index is 12.1. The number of nitrogens with two attached hydrogens (primary N) is 1. The Morgan fingerprint density at radius 2 is 1.95 bits per heavy atom. The average Bonchev–Trinajstić information content (AvgIpc) is 2.96. The van der Waals surface area contributed by atoms with Gasteiger partial charge in [-0.3, -0.25) is 9.59 Å². The Hall–Kier alpha value is -2.83. The van der Waals surface area contributed by atoms with Crippen LogP contribution >= 0.6 is 0 Å². The highest BCUT2D eigenvalue weighted by Crippen LogP contribution is 2.11. The molecule has 0 aliphatic heterocycles. The first-order valence-corrected chi connectivity index (χ1v) is 6.39. The van der Waals surface area contributed by atoms with Gasteiger partial charge in [-0.1, -0.05) is 0 Å². The predicted molar refractivity (Wildman–Crippen MR) is 79.0 cm³/mol. The summed E-state index contributed by atoms with van der Waals surface area (Å²) in [7, 11) is 3.08. The Bertz CT molecular complexity index is 648. The van der Waals surface area contributed by atoms with Crippen molar-refractivity contribution in [1.29, 1.82) is 0 Å². The molecule has 0 aliphatic carbocycles. The van der Waals surface area contributed by atoms with Gasteiger partial charge in [0.25, 0.3) is 5.91 Å². The van der Waals surface area contributed by atoms with E-state index in [1.54, 1.807) is 36.1 Å². The molecule has 3 N–H and O–H groups in total. The number of nitrogens with one attached hydrogen (secondary N) is 1. The second-order valence-electron chi connectivity index (χ2n) is 4.57.